The number of hydrogen-bond acceptors (Lipinski definition) is 8. The number of ether oxygens (including phenoxy) is 2. The first-order valence-electron chi connectivity index (χ1n) is 17.6. The molecule has 0 spiro atoms. The molecule has 0 unspecified atom stereocenters. The lowest BCUT2D eigenvalue weighted by atomic mass is 10.1. The van der Waals surface area contributed by atoms with Crippen molar-refractivity contribution in [3.05, 3.63) is 95.8 Å². The van der Waals surface area contributed by atoms with Gasteiger partial charge in [-0.3, -0.25) is 19.4 Å². The van der Waals surface area contributed by atoms with E-state index >= 15 is 0 Å². The number of carbonyl (C=O) groups is 3. The number of nitrogens with one attached hydrogen (secondary N) is 2. The second-order valence-electron chi connectivity index (χ2n) is 13.1. The van der Waals surface area contributed by atoms with E-state index in [2.05, 4.69) is 27.2 Å². The Morgan fingerprint density at radius 3 is 2.42 bits per heavy atom. The molecular formula is C40H48Cl3N7O5. The Morgan fingerprint density at radius 1 is 0.909 bits per heavy atom. The van der Waals surface area contributed by atoms with Crippen molar-refractivity contribution in [2.24, 2.45) is 0 Å². The number of benzene rings is 3. The monoisotopic (exact) mass is 811 g/mol. The molecule has 6 rings (SSSR count). The van der Waals surface area contributed by atoms with E-state index in [1.54, 1.807) is 43.7 Å². The summed E-state index contributed by atoms with van der Waals surface area (Å²) >= 11 is 0. The van der Waals surface area contributed by atoms with Crippen LogP contribution in [0.25, 0.3) is 22.4 Å². The number of nitrogens with zero attached hydrogens (tertiary/aromatic N) is 5. The highest BCUT2D eigenvalue weighted by molar-refractivity contribution is 6.11. The number of unbranched alkanes of at least 4 members (excludes halogenated alkanes) is 2. The van der Waals surface area contributed by atoms with Gasteiger partial charge in [0.05, 0.1) is 36.2 Å². The number of carbonyl (C=O) groups excluding carboxylic acids is 3. The first-order chi connectivity index (χ1) is 25.2. The van der Waals surface area contributed by atoms with Gasteiger partial charge in [0.25, 0.3) is 11.8 Å². The highest BCUT2D eigenvalue weighted by atomic mass is 35.5. The number of H-pyrrole nitrogens is 1. The zero-order valence-electron chi connectivity index (χ0n) is 31.4. The summed E-state index contributed by atoms with van der Waals surface area (Å²) in [5, 5.41) is 2.96. The Labute approximate surface area is 340 Å². The summed E-state index contributed by atoms with van der Waals surface area (Å²) in [6.07, 6.45) is 6.45. The lowest BCUT2D eigenvalue weighted by molar-refractivity contribution is -0.132. The van der Waals surface area contributed by atoms with Crippen LogP contribution >= 0.6 is 37.2 Å². The van der Waals surface area contributed by atoms with Gasteiger partial charge in [0, 0.05) is 63.2 Å². The summed E-state index contributed by atoms with van der Waals surface area (Å²) in [4.78, 5) is 57.8. The fourth-order valence-corrected chi connectivity index (χ4v) is 6.24. The highest BCUT2D eigenvalue weighted by Gasteiger charge is 2.22. The molecule has 55 heavy (non-hydrogen) atoms. The summed E-state index contributed by atoms with van der Waals surface area (Å²) in [7, 11) is 5.24. The van der Waals surface area contributed by atoms with Gasteiger partial charge in [0.1, 0.15) is 22.8 Å². The Morgan fingerprint density at radius 2 is 1.69 bits per heavy atom. The molecule has 0 bridgehead atoms. The second-order valence-corrected chi connectivity index (χ2v) is 13.1. The number of imidazole rings is 1. The molecular weight excluding hydrogens is 765 g/mol. The van der Waals surface area contributed by atoms with Gasteiger partial charge in [-0.05, 0) is 93.4 Å². The average Bonchev–Trinajstić information content (AvgIpc) is 3.61. The number of methoxy groups -OCH3 is 1. The molecule has 0 atom stereocenters. The summed E-state index contributed by atoms with van der Waals surface area (Å²) in [6.45, 7) is 5.88. The van der Waals surface area contributed by atoms with E-state index in [0.717, 1.165) is 62.1 Å². The zero-order valence-corrected chi connectivity index (χ0v) is 33.8. The zero-order chi connectivity index (χ0) is 36.6. The first kappa shape index (κ1) is 44.5. The summed E-state index contributed by atoms with van der Waals surface area (Å²) in [6, 6.07) is 19.7. The molecule has 3 heterocycles. The third-order valence-corrected chi connectivity index (χ3v) is 9.32. The first-order valence-corrected chi connectivity index (χ1v) is 17.6. The molecule has 1 fully saturated rings. The van der Waals surface area contributed by atoms with Crippen LogP contribution < -0.4 is 19.7 Å². The van der Waals surface area contributed by atoms with Crippen LogP contribution in [0.1, 0.15) is 52.0 Å². The third-order valence-electron chi connectivity index (χ3n) is 9.32. The van der Waals surface area contributed by atoms with E-state index in [4.69, 9.17) is 14.5 Å². The molecule has 0 aliphatic carbocycles. The summed E-state index contributed by atoms with van der Waals surface area (Å²) < 4.78 is 11.8. The van der Waals surface area contributed by atoms with Crippen LogP contribution in [0.5, 0.6) is 11.5 Å². The number of piperazine rings is 1. The Bertz CT molecular complexity index is 2060. The van der Waals surface area contributed by atoms with Gasteiger partial charge in [0.2, 0.25) is 5.91 Å². The van der Waals surface area contributed by atoms with E-state index in [-0.39, 0.29) is 60.3 Å². The van der Waals surface area contributed by atoms with Crippen LogP contribution in [0, 0.1) is 6.92 Å². The summed E-state index contributed by atoms with van der Waals surface area (Å²) in [5.41, 5.74) is 4.98. The molecule has 294 valence electrons. The number of hydrogen-bond donors (Lipinski definition) is 2. The number of para-hydroxylation sites is 1. The number of aryl methyl sites for hydroxylation is 1. The lowest BCUT2D eigenvalue weighted by Gasteiger charge is -2.32. The number of amides is 3. The molecule has 1 aliphatic rings. The van der Waals surface area contributed by atoms with Crippen molar-refractivity contribution >= 4 is 77.4 Å². The quantitative estimate of drug-likeness (QED) is 0.117. The van der Waals surface area contributed by atoms with Crippen molar-refractivity contribution in [3.8, 4) is 22.9 Å². The molecule has 0 saturated carbocycles. The fraction of sp³-hybridized carbons (Fsp3) is 0.325. The van der Waals surface area contributed by atoms with E-state index in [0.29, 0.717) is 47.1 Å². The maximum atomic E-state index is 13.8. The van der Waals surface area contributed by atoms with Crippen molar-refractivity contribution in [2.75, 3.05) is 64.2 Å². The molecule has 3 aromatic carbocycles. The maximum absolute atomic E-state index is 13.8. The number of pyridine rings is 1. The minimum absolute atomic E-state index is 0. The van der Waals surface area contributed by atoms with Gasteiger partial charge in [-0.15, -0.1) is 37.2 Å². The molecule has 2 N–H and O–H groups in total. The van der Waals surface area contributed by atoms with E-state index in [9.17, 15) is 14.4 Å². The van der Waals surface area contributed by atoms with Crippen molar-refractivity contribution in [1.29, 1.82) is 0 Å². The SMILES string of the molecule is COc1cc(C(=O)N(C)c2ccc(C)cc2OCCCCCC(=O)N2CCN(C)CC2)ccc1C(=O)Nc1cccc2[nH]c(-c3cccnc3)nc12.Cl.Cl.Cl. The number of halogens is 3. The molecule has 1 aliphatic heterocycles. The van der Waals surface area contributed by atoms with Crippen molar-refractivity contribution < 1.29 is 23.9 Å². The predicted octanol–water partition coefficient (Wildman–Crippen LogP) is 7.45. The highest BCUT2D eigenvalue weighted by Crippen LogP contribution is 2.32. The Balaban J connectivity index is 0.00000271. The largest absolute Gasteiger partial charge is 0.496 e. The standard InChI is InChI=1S/C40H45N7O5.3ClH/c1-27-14-17-33(35(24-27)52-23-7-5-6-13-36(48)47-21-19-45(2)20-22-47)46(3)40(50)28-15-16-30(34(25-28)51-4)39(49)43-32-12-8-11-31-37(32)44-38(42-31)29-10-9-18-41-26-29;;;/h8-12,14-18,24-26H,5-7,13,19-23H2,1-4H3,(H,42,44)(H,43,49);3*1H. The minimum Gasteiger partial charge on any atom is -0.496 e. The van der Waals surface area contributed by atoms with Gasteiger partial charge >= 0.3 is 0 Å². The van der Waals surface area contributed by atoms with Crippen LogP contribution in [0.3, 0.4) is 0 Å². The number of aromatic amines is 1. The molecule has 0 radical (unpaired) electrons. The van der Waals surface area contributed by atoms with Crippen LogP contribution in [0.4, 0.5) is 11.4 Å². The van der Waals surface area contributed by atoms with E-state index < -0.39 is 5.91 Å². The molecule has 2 aromatic heterocycles. The topological polar surface area (TPSA) is 133 Å². The molecule has 1 saturated heterocycles. The fourth-order valence-electron chi connectivity index (χ4n) is 6.24. The van der Waals surface area contributed by atoms with Crippen molar-refractivity contribution in [2.45, 2.75) is 32.6 Å². The van der Waals surface area contributed by atoms with Crippen LogP contribution in [-0.2, 0) is 4.79 Å². The Kier molecular flexibility index (Phi) is 16.8. The van der Waals surface area contributed by atoms with Gasteiger partial charge in [-0.25, -0.2) is 4.98 Å². The maximum Gasteiger partial charge on any atom is 0.259 e. The van der Waals surface area contributed by atoms with Crippen LogP contribution in [0.2, 0.25) is 0 Å². The molecule has 3 amide bonds. The van der Waals surface area contributed by atoms with Crippen LogP contribution in [0.15, 0.2) is 79.1 Å². The third kappa shape index (κ3) is 10.9. The van der Waals surface area contributed by atoms with E-state index in [1.165, 1.54) is 12.0 Å². The molecule has 12 nitrogen and oxygen atoms in total. The normalized spacial score (nSPS) is 12.5. The number of fused-ring (bicyclic) bond motifs is 1. The van der Waals surface area contributed by atoms with Gasteiger partial charge < -0.3 is 34.5 Å². The number of likely N-dealkylation sites (N-methyl/N-ethyl adjacent to an activating group) is 1. The smallest absolute Gasteiger partial charge is 0.259 e. The van der Waals surface area contributed by atoms with Gasteiger partial charge in [-0.2, -0.15) is 0 Å². The van der Waals surface area contributed by atoms with Crippen molar-refractivity contribution in [1.82, 2.24) is 24.8 Å². The molecule has 15 heteroatoms. The predicted molar refractivity (Wildman–Crippen MR) is 224 cm³/mol. The average molecular weight is 813 g/mol. The Hall–Kier alpha value is -4.88. The van der Waals surface area contributed by atoms with Crippen molar-refractivity contribution in [3.63, 3.8) is 0 Å². The number of anilines is 2. The van der Waals surface area contributed by atoms with Gasteiger partial charge in [-0.1, -0.05) is 12.1 Å². The van der Waals surface area contributed by atoms with E-state index in [1.807, 2.05) is 54.3 Å². The number of aromatic nitrogens is 3. The molecule has 5 aromatic rings. The minimum atomic E-state index is -0.402. The number of rotatable bonds is 13. The van der Waals surface area contributed by atoms with Gasteiger partial charge in [0.15, 0.2) is 0 Å². The second kappa shape index (κ2) is 20.7. The summed E-state index contributed by atoms with van der Waals surface area (Å²) in [5.74, 6) is 1.04. The van der Waals surface area contributed by atoms with Crippen LogP contribution in [-0.4, -0.2) is 96.5 Å². The lowest BCUT2D eigenvalue weighted by Crippen LogP contribution is -2.47.